The summed E-state index contributed by atoms with van der Waals surface area (Å²) < 4.78 is 5.85. The molecule has 5 heteroatoms. The van der Waals surface area contributed by atoms with Crippen LogP contribution in [0.25, 0.3) is 0 Å². The first kappa shape index (κ1) is 15.9. The predicted molar refractivity (Wildman–Crippen MR) is 78.0 cm³/mol. The van der Waals surface area contributed by atoms with Crippen LogP contribution >= 0.6 is 27.5 Å². The molecule has 18 heavy (non-hydrogen) atoms. The molecule has 3 nitrogen and oxygen atoms in total. The summed E-state index contributed by atoms with van der Waals surface area (Å²) in [4.78, 5) is 0. The van der Waals surface area contributed by atoms with Crippen molar-refractivity contribution in [1.82, 2.24) is 5.32 Å². The van der Waals surface area contributed by atoms with Gasteiger partial charge in [0.05, 0.1) is 10.6 Å². The van der Waals surface area contributed by atoms with Crippen molar-refractivity contribution in [3.05, 3.63) is 33.3 Å². The largest absolute Gasteiger partial charge is 0.389 e. The van der Waals surface area contributed by atoms with E-state index in [9.17, 15) is 5.11 Å². The van der Waals surface area contributed by atoms with Crippen molar-refractivity contribution in [3.8, 4) is 0 Å². The Morgan fingerprint density at radius 3 is 2.83 bits per heavy atom. The Balaban J connectivity index is 2.39. The van der Waals surface area contributed by atoms with Crippen LogP contribution in [0.1, 0.15) is 18.9 Å². The summed E-state index contributed by atoms with van der Waals surface area (Å²) in [5.41, 5.74) is 0.334. The molecule has 0 amide bonds. The Morgan fingerprint density at radius 1 is 1.50 bits per heavy atom. The van der Waals surface area contributed by atoms with E-state index in [0.29, 0.717) is 31.1 Å². The minimum atomic E-state index is -0.755. The minimum absolute atomic E-state index is 0.518. The number of ether oxygens (including phenoxy) is 1. The SMILES string of the molecule is COCCC(C)(O)CNCc1ccc(Br)c(Cl)c1. The van der Waals surface area contributed by atoms with Gasteiger partial charge in [-0.3, -0.25) is 0 Å². The summed E-state index contributed by atoms with van der Waals surface area (Å²) in [7, 11) is 1.63. The van der Waals surface area contributed by atoms with Crippen LogP contribution in [0.5, 0.6) is 0 Å². The van der Waals surface area contributed by atoms with Gasteiger partial charge in [0.25, 0.3) is 0 Å². The van der Waals surface area contributed by atoms with E-state index in [4.69, 9.17) is 16.3 Å². The molecule has 0 bridgehead atoms. The Kier molecular flexibility index (Phi) is 6.60. The average Bonchev–Trinajstić information content (AvgIpc) is 2.31. The van der Waals surface area contributed by atoms with E-state index in [1.54, 1.807) is 14.0 Å². The van der Waals surface area contributed by atoms with E-state index in [2.05, 4.69) is 21.2 Å². The quantitative estimate of drug-likeness (QED) is 0.804. The Hall–Kier alpha value is -0.130. The van der Waals surface area contributed by atoms with Crippen LogP contribution in [0, 0.1) is 0 Å². The van der Waals surface area contributed by atoms with Crippen LogP contribution in [-0.4, -0.2) is 31.0 Å². The normalized spacial score (nSPS) is 14.5. The maximum atomic E-state index is 10.0. The standard InChI is InChI=1S/C13H19BrClNO2/c1-13(17,5-6-18-2)9-16-8-10-3-4-11(14)12(15)7-10/h3-4,7,16-17H,5-6,8-9H2,1-2H3. The van der Waals surface area contributed by atoms with Gasteiger partial charge >= 0.3 is 0 Å². The van der Waals surface area contributed by atoms with E-state index < -0.39 is 5.60 Å². The van der Waals surface area contributed by atoms with Crippen molar-refractivity contribution in [2.75, 3.05) is 20.3 Å². The van der Waals surface area contributed by atoms with Crippen molar-refractivity contribution >= 4 is 27.5 Å². The maximum Gasteiger partial charge on any atom is 0.0765 e. The molecule has 0 fully saturated rings. The molecule has 0 aromatic heterocycles. The maximum absolute atomic E-state index is 10.0. The first-order valence-corrected chi connectivity index (χ1v) is 6.98. The third kappa shape index (κ3) is 5.67. The van der Waals surface area contributed by atoms with E-state index in [1.165, 1.54) is 0 Å². The Labute approximate surface area is 122 Å². The average molecular weight is 337 g/mol. The highest BCUT2D eigenvalue weighted by atomic mass is 79.9. The van der Waals surface area contributed by atoms with Gasteiger partial charge in [0, 0.05) is 37.7 Å². The molecule has 0 aliphatic heterocycles. The predicted octanol–water partition coefficient (Wildman–Crippen LogP) is 2.98. The van der Waals surface area contributed by atoms with E-state index >= 15 is 0 Å². The van der Waals surface area contributed by atoms with Crippen molar-refractivity contribution < 1.29 is 9.84 Å². The molecular weight excluding hydrogens is 318 g/mol. The number of hydrogen-bond donors (Lipinski definition) is 2. The summed E-state index contributed by atoms with van der Waals surface area (Å²) in [5, 5.41) is 14.0. The molecule has 102 valence electrons. The highest BCUT2D eigenvalue weighted by molar-refractivity contribution is 9.10. The molecule has 1 rings (SSSR count). The third-order valence-electron chi connectivity index (χ3n) is 2.66. The van der Waals surface area contributed by atoms with Gasteiger partial charge in [-0.15, -0.1) is 0 Å². The molecule has 0 aliphatic carbocycles. The second-order valence-corrected chi connectivity index (χ2v) is 5.85. The second-order valence-electron chi connectivity index (χ2n) is 4.59. The van der Waals surface area contributed by atoms with Gasteiger partial charge in [0.15, 0.2) is 0 Å². The van der Waals surface area contributed by atoms with Crippen LogP contribution in [0.4, 0.5) is 0 Å². The monoisotopic (exact) mass is 335 g/mol. The molecule has 0 saturated heterocycles. The molecule has 1 unspecified atom stereocenters. The first-order valence-electron chi connectivity index (χ1n) is 5.80. The number of nitrogens with one attached hydrogen (secondary N) is 1. The smallest absolute Gasteiger partial charge is 0.0765 e. The van der Waals surface area contributed by atoms with Gasteiger partial charge in [0.1, 0.15) is 0 Å². The lowest BCUT2D eigenvalue weighted by molar-refractivity contribution is 0.0247. The van der Waals surface area contributed by atoms with Crippen molar-refractivity contribution in [2.45, 2.75) is 25.5 Å². The molecular formula is C13H19BrClNO2. The molecule has 0 radical (unpaired) electrons. The van der Waals surface area contributed by atoms with Crippen LogP contribution in [0.2, 0.25) is 5.02 Å². The molecule has 0 aliphatic rings. The van der Waals surface area contributed by atoms with E-state index in [1.807, 2.05) is 18.2 Å². The number of halogens is 2. The molecule has 1 atom stereocenters. The molecule has 1 aromatic rings. The van der Waals surface area contributed by atoms with Gasteiger partial charge in [-0.2, -0.15) is 0 Å². The van der Waals surface area contributed by atoms with Gasteiger partial charge < -0.3 is 15.2 Å². The molecule has 1 aromatic carbocycles. The number of aliphatic hydroxyl groups is 1. The van der Waals surface area contributed by atoms with Gasteiger partial charge in [-0.1, -0.05) is 17.7 Å². The lowest BCUT2D eigenvalue weighted by atomic mass is 10.0. The lowest BCUT2D eigenvalue weighted by Gasteiger charge is -2.23. The van der Waals surface area contributed by atoms with Gasteiger partial charge in [-0.25, -0.2) is 0 Å². The summed E-state index contributed by atoms with van der Waals surface area (Å²) >= 11 is 9.36. The number of hydrogen-bond acceptors (Lipinski definition) is 3. The summed E-state index contributed by atoms with van der Waals surface area (Å²) in [6.45, 7) is 3.55. The summed E-state index contributed by atoms with van der Waals surface area (Å²) in [5.74, 6) is 0. The number of rotatable bonds is 7. The lowest BCUT2D eigenvalue weighted by Crippen LogP contribution is -2.38. The number of methoxy groups -OCH3 is 1. The van der Waals surface area contributed by atoms with Crippen LogP contribution in [0.15, 0.2) is 22.7 Å². The molecule has 0 saturated carbocycles. The fraction of sp³-hybridized carbons (Fsp3) is 0.538. The van der Waals surface area contributed by atoms with Crippen LogP contribution < -0.4 is 5.32 Å². The number of benzene rings is 1. The molecule has 0 spiro atoms. The zero-order chi connectivity index (χ0) is 13.6. The van der Waals surface area contributed by atoms with Gasteiger partial charge in [-0.05, 0) is 40.5 Å². The second kappa shape index (κ2) is 7.46. The first-order chi connectivity index (χ1) is 8.44. The minimum Gasteiger partial charge on any atom is -0.389 e. The highest BCUT2D eigenvalue weighted by Gasteiger charge is 2.19. The van der Waals surface area contributed by atoms with E-state index in [-0.39, 0.29) is 0 Å². The zero-order valence-electron chi connectivity index (χ0n) is 10.7. The molecule has 2 N–H and O–H groups in total. The summed E-state index contributed by atoms with van der Waals surface area (Å²) in [6, 6.07) is 5.82. The zero-order valence-corrected chi connectivity index (χ0v) is 13.0. The van der Waals surface area contributed by atoms with Crippen molar-refractivity contribution in [2.24, 2.45) is 0 Å². The summed E-state index contributed by atoms with van der Waals surface area (Å²) in [6.07, 6.45) is 0.609. The molecule has 0 heterocycles. The van der Waals surface area contributed by atoms with Crippen molar-refractivity contribution in [3.63, 3.8) is 0 Å². The van der Waals surface area contributed by atoms with Crippen LogP contribution in [-0.2, 0) is 11.3 Å². The van der Waals surface area contributed by atoms with Crippen LogP contribution in [0.3, 0.4) is 0 Å². The van der Waals surface area contributed by atoms with E-state index in [0.717, 1.165) is 10.0 Å². The highest BCUT2D eigenvalue weighted by Crippen LogP contribution is 2.23. The fourth-order valence-corrected chi connectivity index (χ4v) is 1.99. The Bertz CT molecular complexity index is 385. The third-order valence-corrected chi connectivity index (χ3v) is 3.90. The van der Waals surface area contributed by atoms with Gasteiger partial charge in [0.2, 0.25) is 0 Å². The van der Waals surface area contributed by atoms with Crippen molar-refractivity contribution in [1.29, 1.82) is 0 Å². The fourth-order valence-electron chi connectivity index (χ4n) is 1.54. The Morgan fingerprint density at radius 2 is 2.22 bits per heavy atom. The topological polar surface area (TPSA) is 41.5 Å².